The van der Waals surface area contributed by atoms with Crippen LogP contribution in [0.2, 0.25) is 0 Å². The Morgan fingerprint density at radius 1 is 0.941 bits per heavy atom. The SMILES string of the molecule is O=C(C=CF)Oc1c(Br)c(Br)c(Br)c(Br)c1Br. The minimum atomic E-state index is -0.810. The molecule has 17 heavy (non-hydrogen) atoms. The molecule has 8 heteroatoms. The number of halogens is 6. The molecule has 1 aromatic carbocycles. The molecular weight excluding hydrogens is 559 g/mol. The smallest absolute Gasteiger partial charge is 0.338 e. The van der Waals surface area contributed by atoms with Gasteiger partial charge in [-0.15, -0.1) is 0 Å². The van der Waals surface area contributed by atoms with Gasteiger partial charge in [0.1, 0.15) is 0 Å². The normalized spacial score (nSPS) is 10.9. The van der Waals surface area contributed by atoms with Crippen LogP contribution in [0, 0.1) is 0 Å². The van der Waals surface area contributed by atoms with Crippen LogP contribution in [0.4, 0.5) is 4.39 Å². The van der Waals surface area contributed by atoms with E-state index in [2.05, 4.69) is 79.6 Å². The second-order valence-electron chi connectivity index (χ2n) is 2.61. The van der Waals surface area contributed by atoms with Crippen molar-refractivity contribution in [2.24, 2.45) is 0 Å². The van der Waals surface area contributed by atoms with E-state index in [1.165, 1.54) is 0 Å². The Balaban J connectivity index is 3.30. The third-order valence-electron chi connectivity index (χ3n) is 1.57. The number of rotatable bonds is 2. The summed E-state index contributed by atoms with van der Waals surface area (Å²) in [4.78, 5) is 11.2. The summed E-state index contributed by atoms with van der Waals surface area (Å²) >= 11 is 16.5. The summed E-state index contributed by atoms with van der Waals surface area (Å²) in [5.41, 5.74) is 0. The summed E-state index contributed by atoms with van der Waals surface area (Å²) in [5, 5.41) is 0. The second-order valence-corrected chi connectivity index (χ2v) is 6.58. The van der Waals surface area contributed by atoms with Crippen molar-refractivity contribution in [2.75, 3.05) is 0 Å². The standard InChI is InChI=1S/C9H2Br5FO2/c10-4-5(11)7(13)9(8(14)6(4)12)17-3(16)1-2-15/h1-2H. The number of esters is 1. The molecule has 0 atom stereocenters. The molecule has 2 nitrogen and oxygen atoms in total. The van der Waals surface area contributed by atoms with E-state index in [-0.39, 0.29) is 12.1 Å². The average Bonchev–Trinajstić information content (AvgIpc) is 2.30. The van der Waals surface area contributed by atoms with Crippen LogP contribution >= 0.6 is 79.6 Å². The van der Waals surface area contributed by atoms with Gasteiger partial charge in [-0.05, 0) is 79.6 Å². The van der Waals surface area contributed by atoms with Gasteiger partial charge in [0.2, 0.25) is 0 Å². The Bertz CT molecular complexity index is 472. The highest BCUT2D eigenvalue weighted by Gasteiger charge is 2.20. The molecule has 0 saturated heterocycles. The molecule has 0 heterocycles. The van der Waals surface area contributed by atoms with E-state index < -0.39 is 5.97 Å². The first kappa shape index (κ1) is 15.8. The van der Waals surface area contributed by atoms with Gasteiger partial charge in [-0.3, -0.25) is 0 Å². The molecule has 0 unspecified atom stereocenters. The van der Waals surface area contributed by atoms with Crippen LogP contribution < -0.4 is 4.74 Å². The molecule has 0 aliphatic carbocycles. The van der Waals surface area contributed by atoms with Crippen LogP contribution in [0.15, 0.2) is 34.8 Å². The summed E-state index contributed by atoms with van der Waals surface area (Å²) in [5.74, 6) is -0.565. The fraction of sp³-hybridized carbons (Fsp3) is 0. The molecule has 0 amide bonds. The van der Waals surface area contributed by atoms with E-state index in [1.807, 2.05) is 0 Å². The first-order chi connectivity index (χ1) is 7.90. The van der Waals surface area contributed by atoms with E-state index >= 15 is 0 Å². The minimum Gasteiger partial charge on any atom is -0.421 e. The van der Waals surface area contributed by atoms with E-state index in [9.17, 15) is 9.18 Å². The van der Waals surface area contributed by atoms with Crippen molar-refractivity contribution in [1.29, 1.82) is 0 Å². The Morgan fingerprint density at radius 2 is 1.35 bits per heavy atom. The van der Waals surface area contributed by atoms with Crippen molar-refractivity contribution in [3.8, 4) is 5.75 Å². The zero-order valence-corrected chi connectivity index (χ0v) is 15.7. The van der Waals surface area contributed by atoms with Gasteiger partial charge in [0.05, 0.1) is 30.3 Å². The fourth-order valence-electron chi connectivity index (χ4n) is 0.860. The van der Waals surface area contributed by atoms with Crippen molar-refractivity contribution in [3.05, 3.63) is 34.8 Å². The monoisotopic (exact) mass is 556 g/mol. The van der Waals surface area contributed by atoms with Crippen LogP contribution in [0.1, 0.15) is 0 Å². The van der Waals surface area contributed by atoms with Crippen molar-refractivity contribution in [1.82, 2.24) is 0 Å². The van der Waals surface area contributed by atoms with Crippen LogP contribution in [-0.2, 0) is 4.79 Å². The van der Waals surface area contributed by atoms with Gasteiger partial charge in [-0.1, -0.05) is 0 Å². The highest BCUT2D eigenvalue weighted by Crippen LogP contribution is 2.48. The van der Waals surface area contributed by atoms with Gasteiger partial charge in [-0.25, -0.2) is 9.18 Å². The topological polar surface area (TPSA) is 26.3 Å². The van der Waals surface area contributed by atoms with Gasteiger partial charge in [0.25, 0.3) is 0 Å². The van der Waals surface area contributed by atoms with E-state index in [4.69, 9.17) is 4.74 Å². The van der Waals surface area contributed by atoms with Gasteiger partial charge in [-0.2, -0.15) is 0 Å². The molecule has 0 aliphatic rings. The quantitative estimate of drug-likeness (QED) is 0.148. The molecule has 92 valence electrons. The molecule has 0 aromatic heterocycles. The Hall–Kier alpha value is 0.760. The molecule has 0 spiro atoms. The molecule has 0 radical (unpaired) electrons. The van der Waals surface area contributed by atoms with E-state index in [0.29, 0.717) is 24.0 Å². The highest BCUT2D eigenvalue weighted by molar-refractivity contribution is 9.15. The van der Waals surface area contributed by atoms with Crippen LogP contribution in [0.25, 0.3) is 0 Å². The number of hydrogen-bond acceptors (Lipinski definition) is 2. The molecule has 1 rings (SSSR count). The third kappa shape index (κ3) is 3.62. The van der Waals surface area contributed by atoms with Crippen molar-refractivity contribution in [3.63, 3.8) is 0 Å². The van der Waals surface area contributed by atoms with Crippen LogP contribution in [-0.4, -0.2) is 5.97 Å². The van der Waals surface area contributed by atoms with Crippen LogP contribution in [0.5, 0.6) is 5.75 Å². The van der Waals surface area contributed by atoms with E-state index in [1.54, 1.807) is 0 Å². The van der Waals surface area contributed by atoms with E-state index in [0.717, 1.165) is 4.47 Å². The van der Waals surface area contributed by atoms with Gasteiger partial charge >= 0.3 is 5.97 Å². The Kier molecular flexibility index (Phi) is 6.32. The van der Waals surface area contributed by atoms with Crippen LogP contribution in [0.3, 0.4) is 0 Å². The Morgan fingerprint density at radius 3 is 1.76 bits per heavy atom. The highest BCUT2D eigenvalue weighted by atomic mass is 79.9. The first-order valence-corrected chi connectivity index (χ1v) is 7.86. The van der Waals surface area contributed by atoms with Gasteiger partial charge in [0, 0.05) is 4.47 Å². The average molecular weight is 561 g/mol. The first-order valence-electron chi connectivity index (χ1n) is 3.90. The molecule has 0 N–H and O–H groups in total. The Labute approximate surface area is 139 Å². The summed E-state index contributed by atoms with van der Waals surface area (Å²) in [6.07, 6.45) is 0.801. The van der Waals surface area contributed by atoms with Gasteiger partial charge < -0.3 is 4.74 Å². The summed E-state index contributed by atoms with van der Waals surface area (Å²) in [7, 11) is 0. The molecule has 0 saturated carbocycles. The third-order valence-corrected chi connectivity index (χ3v) is 7.59. The van der Waals surface area contributed by atoms with Gasteiger partial charge in [0.15, 0.2) is 5.75 Å². The molecule has 1 aromatic rings. The lowest BCUT2D eigenvalue weighted by molar-refractivity contribution is -0.129. The predicted octanol–water partition coefficient (Wildman–Crippen LogP) is 5.89. The summed E-state index contributed by atoms with van der Waals surface area (Å²) < 4.78 is 20.0. The zero-order chi connectivity index (χ0) is 13.2. The number of carbonyl (C=O) groups excluding carboxylic acids is 1. The lowest BCUT2D eigenvalue weighted by atomic mass is 10.3. The van der Waals surface area contributed by atoms with Crippen molar-refractivity contribution < 1.29 is 13.9 Å². The number of ether oxygens (including phenoxy) is 1. The second kappa shape index (κ2) is 6.79. The lowest BCUT2D eigenvalue weighted by Gasteiger charge is -2.12. The lowest BCUT2D eigenvalue weighted by Crippen LogP contribution is -2.05. The minimum absolute atomic E-state index is 0.118. The number of benzene rings is 1. The maximum Gasteiger partial charge on any atom is 0.338 e. The number of hydrogen-bond donors (Lipinski definition) is 0. The molecule has 0 bridgehead atoms. The maximum absolute atomic E-state index is 11.8. The van der Waals surface area contributed by atoms with Crippen molar-refractivity contribution in [2.45, 2.75) is 0 Å². The summed E-state index contributed by atoms with van der Waals surface area (Å²) in [6, 6.07) is 0. The zero-order valence-electron chi connectivity index (χ0n) is 7.74. The largest absolute Gasteiger partial charge is 0.421 e. The fourth-order valence-corrected chi connectivity index (χ4v) is 4.03. The number of carbonyl (C=O) groups is 1. The maximum atomic E-state index is 11.8. The summed E-state index contributed by atoms with van der Waals surface area (Å²) in [6.45, 7) is 0. The predicted molar refractivity (Wildman–Crippen MR) is 80.8 cm³/mol. The molecular formula is C9H2Br5FO2. The molecule has 0 fully saturated rings. The molecule has 0 aliphatic heterocycles. The van der Waals surface area contributed by atoms with Crippen molar-refractivity contribution >= 4 is 85.6 Å².